The van der Waals surface area contributed by atoms with Crippen molar-refractivity contribution in [2.45, 2.75) is 78.1 Å². The molecule has 1 aliphatic heterocycles. The van der Waals surface area contributed by atoms with Gasteiger partial charge in [0.15, 0.2) is 11.7 Å². The van der Waals surface area contributed by atoms with Crippen molar-refractivity contribution in [1.82, 2.24) is 20.7 Å². The monoisotopic (exact) mass is 441 g/mol. The molecule has 7 nitrogen and oxygen atoms in total. The summed E-state index contributed by atoms with van der Waals surface area (Å²) in [5, 5.41) is 20.5. The van der Waals surface area contributed by atoms with Crippen LogP contribution in [0.5, 0.6) is 0 Å². The number of aromatic nitrogens is 1. The van der Waals surface area contributed by atoms with E-state index in [0.29, 0.717) is 19.0 Å². The van der Waals surface area contributed by atoms with Gasteiger partial charge < -0.3 is 20.3 Å². The van der Waals surface area contributed by atoms with E-state index >= 15 is 0 Å². The Hall–Kier alpha value is -2.38. The molecule has 0 atom stereocenters. The van der Waals surface area contributed by atoms with Crippen LogP contribution >= 0.6 is 0 Å². The van der Waals surface area contributed by atoms with Crippen LogP contribution in [0.1, 0.15) is 75.0 Å². The Balaban J connectivity index is 1.51. The normalized spacial score (nSPS) is 16.0. The number of piperidine rings is 1. The molecule has 176 valence electrons. The number of aliphatic imine (C=N–C) groups is 1. The predicted octanol–water partition coefficient (Wildman–Crippen LogP) is 3.79. The zero-order valence-electron chi connectivity index (χ0n) is 19.8. The van der Waals surface area contributed by atoms with E-state index < -0.39 is 0 Å². The van der Waals surface area contributed by atoms with Gasteiger partial charge in [-0.05, 0) is 43.7 Å². The fourth-order valence-corrected chi connectivity index (χ4v) is 4.08. The number of hydrogen-bond acceptors (Lipinski definition) is 5. The van der Waals surface area contributed by atoms with E-state index in [4.69, 9.17) is 9.52 Å². The van der Waals surface area contributed by atoms with Gasteiger partial charge >= 0.3 is 0 Å². The molecule has 0 aliphatic carbocycles. The molecule has 0 saturated carbocycles. The minimum absolute atomic E-state index is 0.123. The van der Waals surface area contributed by atoms with Gasteiger partial charge in [-0.1, -0.05) is 43.3 Å². The predicted molar refractivity (Wildman–Crippen MR) is 128 cm³/mol. The Bertz CT molecular complexity index is 821. The topological polar surface area (TPSA) is 85.9 Å². The second kappa shape index (κ2) is 12.6. The molecule has 3 N–H and O–H groups in total. The van der Waals surface area contributed by atoms with Gasteiger partial charge in [0.05, 0.1) is 24.9 Å². The minimum Gasteiger partial charge on any atom is -0.393 e. The average molecular weight is 442 g/mol. The van der Waals surface area contributed by atoms with Crippen molar-refractivity contribution in [3.63, 3.8) is 0 Å². The van der Waals surface area contributed by atoms with Crippen molar-refractivity contribution in [1.29, 1.82) is 0 Å². The van der Waals surface area contributed by atoms with E-state index in [2.05, 4.69) is 71.8 Å². The van der Waals surface area contributed by atoms with Crippen molar-refractivity contribution in [2.75, 3.05) is 19.6 Å². The highest BCUT2D eigenvalue weighted by Gasteiger charge is 2.17. The van der Waals surface area contributed by atoms with Crippen molar-refractivity contribution in [3.05, 3.63) is 52.9 Å². The van der Waals surface area contributed by atoms with Crippen LogP contribution in [0.4, 0.5) is 0 Å². The van der Waals surface area contributed by atoms with Crippen LogP contribution in [0.2, 0.25) is 0 Å². The first-order valence-electron chi connectivity index (χ1n) is 12.1. The summed E-state index contributed by atoms with van der Waals surface area (Å²) in [4.78, 5) is 7.13. The molecule has 1 aliphatic rings. The first-order valence-corrected chi connectivity index (χ1v) is 12.1. The van der Waals surface area contributed by atoms with E-state index in [1.54, 1.807) is 0 Å². The molecule has 3 rings (SSSR count). The number of benzene rings is 1. The molecule has 0 bridgehead atoms. The lowest BCUT2D eigenvalue weighted by atomic mass is 9.99. The molecule has 0 unspecified atom stereocenters. The van der Waals surface area contributed by atoms with E-state index in [9.17, 15) is 5.11 Å². The number of aliphatic hydroxyl groups is 1. The Morgan fingerprint density at radius 3 is 2.47 bits per heavy atom. The maximum atomic E-state index is 9.66. The van der Waals surface area contributed by atoms with Crippen molar-refractivity contribution < 1.29 is 9.63 Å². The molecule has 32 heavy (non-hydrogen) atoms. The molecular weight excluding hydrogens is 402 g/mol. The van der Waals surface area contributed by atoms with Crippen molar-refractivity contribution in [2.24, 2.45) is 4.99 Å². The number of likely N-dealkylation sites (tertiary alicyclic amines) is 1. The fourth-order valence-electron chi connectivity index (χ4n) is 4.08. The van der Waals surface area contributed by atoms with Gasteiger partial charge in [-0.25, -0.2) is 4.99 Å². The Morgan fingerprint density at radius 2 is 1.81 bits per heavy atom. The Labute approximate surface area is 192 Å². The zero-order chi connectivity index (χ0) is 22.8. The minimum atomic E-state index is -0.123. The van der Waals surface area contributed by atoms with Gasteiger partial charge in [0.25, 0.3) is 0 Å². The second-order valence-electron chi connectivity index (χ2n) is 8.60. The average Bonchev–Trinajstić information content (AvgIpc) is 3.28. The molecule has 7 heteroatoms. The molecule has 0 spiro atoms. The molecule has 1 aromatic carbocycles. The third kappa shape index (κ3) is 7.35. The molecule has 0 radical (unpaired) electrons. The van der Waals surface area contributed by atoms with Crippen LogP contribution in [-0.4, -0.2) is 46.9 Å². The van der Waals surface area contributed by atoms with Crippen LogP contribution in [0.3, 0.4) is 0 Å². The molecule has 2 heterocycles. The van der Waals surface area contributed by atoms with Crippen molar-refractivity contribution >= 4 is 5.96 Å². The number of hydrogen-bond donors (Lipinski definition) is 3. The molecular formula is C25H39N5O2. The van der Waals surface area contributed by atoms with E-state index in [0.717, 1.165) is 69.3 Å². The standard InChI is InChI=1S/C25H39N5O2/c1-4-21(5-2)24-15-23(32-29-24)17-28-25(26-6-3)27-16-19-7-9-20(10-8-19)18-30-13-11-22(31)12-14-30/h7-10,15,21-22,31H,4-6,11-14,16-18H2,1-3H3,(H2,26,27,28). The lowest BCUT2D eigenvalue weighted by Crippen LogP contribution is -2.36. The Kier molecular flexibility index (Phi) is 9.56. The molecule has 1 fully saturated rings. The summed E-state index contributed by atoms with van der Waals surface area (Å²) in [6, 6.07) is 10.7. The van der Waals surface area contributed by atoms with Crippen LogP contribution in [-0.2, 0) is 19.6 Å². The first kappa shape index (κ1) is 24.3. The highest BCUT2D eigenvalue weighted by Crippen LogP contribution is 2.22. The van der Waals surface area contributed by atoms with Gasteiger partial charge in [0, 0.05) is 38.2 Å². The molecule has 0 amide bonds. The summed E-state index contributed by atoms with van der Waals surface area (Å²) < 4.78 is 5.51. The maximum Gasteiger partial charge on any atom is 0.191 e. The van der Waals surface area contributed by atoms with Crippen LogP contribution in [0, 0.1) is 0 Å². The maximum absolute atomic E-state index is 9.66. The smallest absolute Gasteiger partial charge is 0.191 e. The van der Waals surface area contributed by atoms with E-state index in [1.165, 1.54) is 11.1 Å². The largest absolute Gasteiger partial charge is 0.393 e. The van der Waals surface area contributed by atoms with Crippen LogP contribution < -0.4 is 10.6 Å². The third-order valence-electron chi connectivity index (χ3n) is 6.16. The van der Waals surface area contributed by atoms with Gasteiger partial charge in [0.2, 0.25) is 0 Å². The SMILES string of the molecule is CCNC(=NCc1ccc(CN2CCC(O)CC2)cc1)NCc1cc(C(CC)CC)no1. The number of guanidine groups is 1. The van der Waals surface area contributed by atoms with Gasteiger partial charge in [-0.3, -0.25) is 4.90 Å². The second-order valence-corrected chi connectivity index (χ2v) is 8.60. The molecule has 1 aromatic heterocycles. The summed E-state index contributed by atoms with van der Waals surface area (Å²) in [7, 11) is 0. The summed E-state index contributed by atoms with van der Waals surface area (Å²) in [5.41, 5.74) is 3.52. The van der Waals surface area contributed by atoms with Crippen LogP contribution in [0.15, 0.2) is 39.8 Å². The summed E-state index contributed by atoms with van der Waals surface area (Å²) >= 11 is 0. The molecule has 1 saturated heterocycles. The lowest BCUT2D eigenvalue weighted by molar-refractivity contribution is 0.0792. The number of nitrogens with one attached hydrogen (secondary N) is 2. The van der Waals surface area contributed by atoms with Gasteiger partial charge in [-0.2, -0.15) is 0 Å². The highest BCUT2D eigenvalue weighted by molar-refractivity contribution is 5.79. The number of aliphatic hydroxyl groups excluding tert-OH is 1. The van der Waals surface area contributed by atoms with Crippen LogP contribution in [0.25, 0.3) is 0 Å². The first-order chi connectivity index (χ1) is 15.6. The number of nitrogens with zero attached hydrogens (tertiary/aromatic N) is 3. The summed E-state index contributed by atoms with van der Waals surface area (Å²) in [5.74, 6) is 2.05. The zero-order valence-corrected chi connectivity index (χ0v) is 19.8. The van der Waals surface area contributed by atoms with Gasteiger partial charge in [0.1, 0.15) is 0 Å². The summed E-state index contributed by atoms with van der Waals surface area (Å²) in [6.07, 6.45) is 3.77. The third-order valence-corrected chi connectivity index (χ3v) is 6.16. The van der Waals surface area contributed by atoms with E-state index in [-0.39, 0.29) is 6.10 Å². The number of rotatable bonds is 10. The molecule has 2 aromatic rings. The lowest BCUT2D eigenvalue weighted by Gasteiger charge is -2.29. The fraction of sp³-hybridized carbons (Fsp3) is 0.600. The van der Waals surface area contributed by atoms with Gasteiger partial charge in [-0.15, -0.1) is 0 Å². The Morgan fingerprint density at radius 1 is 1.12 bits per heavy atom. The highest BCUT2D eigenvalue weighted by atomic mass is 16.5. The van der Waals surface area contributed by atoms with Crippen molar-refractivity contribution in [3.8, 4) is 0 Å². The van der Waals surface area contributed by atoms with E-state index in [1.807, 2.05) is 0 Å². The summed E-state index contributed by atoms with van der Waals surface area (Å²) in [6.45, 7) is 11.3. The quantitative estimate of drug-likeness (QED) is 0.384.